The van der Waals surface area contributed by atoms with Crippen molar-refractivity contribution in [2.75, 3.05) is 5.43 Å². The van der Waals surface area contributed by atoms with Crippen LogP contribution in [0.1, 0.15) is 29.4 Å². The summed E-state index contributed by atoms with van der Waals surface area (Å²) < 4.78 is 5.91. The average molecular weight is 272 g/mol. The standard InChI is InChI=1S/C15H20N4O/c1-5-13-17-14(19-16)11(4)15(18-13)20-12-7-9(2)6-10(3)8-12/h6-8H,5,16H2,1-4H3,(H,17,18,19). The molecule has 0 saturated heterocycles. The van der Waals surface area contributed by atoms with Crippen LogP contribution in [0.25, 0.3) is 0 Å². The van der Waals surface area contributed by atoms with Crippen LogP contribution in [-0.4, -0.2) is 9.97 Å². The third-order valence-electron chi connectivity index (χ3n) is 3.01. The zero-order chi connectivity index (χ0) is 14.7. The maximum atomic E-state index is 5.91. The SMILES string of the molecule is CCc1nc(NN)c(C)c(Oc2cc(C)cc(C)c2)n1. The van der Waals surface area contributed by atoms with Crippen molar-refractivity contribution in [1.29, 1.82) is 0 Å². The molecule has 0 unspecified atom stereocenters. The van der Waals surface area contributed by atoms with Gasteiger partial charge in [-0.1, -0.05) is 13.0 Å². The van der Waals surface area contributed by atoms with Crippen molar-refractivity contribution in [3.8, 4) is 11.6 Å². The highest BCUT2D eigenvalue weighted by Crippen LogP contribution is 2.28. The summed E-state index contributed by atoms with van der Waals surface area (Å²) in [5.74, 6) is 8.09. The van der Waals surface area contributed by atoms with Gasteiger partial charge in [0.15, 0.2) is 0 Å². The molecule has 106 valence electrons. The molecule has 0 aliphatic carbocycles. The summed E-state index contributed by atoms with van der Waals surface area (Å²) in [5, 5.41) is 0. The maximum Gasteiger partial charge on any atom is 0.227 e. The Kier molecular flexibility index (Phi) is 4.20. The first-order chi connectivity index (χ1) is 9.53. The summed E-state index contributed by atoms with van der Waals surface area (Å²) in [6, 6.07) is 6.06. The second-order valence-corrected chi connectivity index (χ2v) is 4.84. The summed E-state index contributed by atoms with van der Waals surface area (Å²) in [5.41, 5.74) is 5.69. The molecule has 0 aliphatic rings. The summed E-state index contributed by atoms with van der Waals surface area (Å²) in [6.45, 7) is 7.95. The van der Waals surface area contributed by atoms with Gasteiger partial charge in [-0.15, -0.1) is 0 Å². The normalized spacial score (nSPS) is 10.4. The molecule has 20 heavy (non-hydrogen) atoms. The van der Waals surface area contributed by atoms with Crippen LogP contribution in [0.15, 0.2) is 18.2 Å². The summed E-state index contributed by atoms with van der Waals surface area (Å²) >= 11 is 0. The van der Waals surface area contributed by atoms with E-state index < -0.39 is 0 Å². The van der Waals surface area contributed by atoms with Gasteiger partial charge >= 0.3 is 0 Å². The summed E-state index contributed by atoms with van der Waals surface area (Å²) in [7, 11) is 0. The molecule has 0 aliphatic heterocycles. The number of aryl methyl sites for hydroxylation is 3. The molecule has 0 fully saturated rings. The fourth-order valence-corrected chi connectivity index (χ4v) is 2.04. The number of nitrogen functional groups attached to an aromatic ring is 1. The second kappa shape index (κ2) is 5.88. The zero-order valence-corrected chi connectivity index (χ0v) is 12.3. The number of nitrogens with zero attached hydrogens (tertiary/aromatic N) is 2. The maximum absolute atomic E-state index is 5.91. The molecule has 0 spiro atoms. The molecule has 1 aromatic carbocycles. The largest absolute Gasteiger partial charge is 0.439 e. The fourth-order valence-electron chi connectivity index (χ4n) is 2.04. The molecule has 5 heteroatoms. The van der Waals surface area contributed by atoms with Crippen molar-refractivity contribution in [3.05, 3.63) is 40.7 Å². The Labute approximate surface area is 119 Å². The van der Waals surface area contributed by atoms with Crippen LogP contribution in [0.2, 0.25) is 0 Å². The Hall–Kier alpha value is -2.14. The topological polar surface area (TPSA) is 73.1 Å². The quantitative estimate of drug-likeness (QED) is 0.661. The number of ether oxygens (including phenoxy) is 1. The summed E-state index contributed by atoms with van der Waals surface area (Å²) in [6.07, 6.45) is 0.720. The first kappa shape index (κ1) is 14.3. The van der Waals surface area contributed by atoms with Gasteiger partial charge in [0.25, 0.3) is 0 Å². The minimum absolute atomic E-state index is 0.537. The number of anilines is 1. The highest BCUT2D eigenvalue weighted by Gasteiger charge is 2.12. The van der Waals surface area contributed by atoms with Gasteiger partial charge in [0.2, 0.25) is 5.88 Å². The lowest BCUT2D eigenvalue weighted by atomic mass is 10.1. The Morgan fingerprint density at radius 2 is 1.75 bits per heavy atom. The van der Waals surface area contributed by atoms with Crippen LogP contribution in [0.3, 0.4) is 0 Å². The van der Waals surface area contributed by atoms with Crippen LogP contribution < -0.4 is 16.0 Å². The Balaban J connectivity index is 2.41. The van der Waals surface area contributed by atoms with E-state index in [9.17, 15) is 0 Å². The van der Waals surface area contributed by atoms with E-state index >= 15 is 0 Å². The van der Waals surface area contributed by atoms with Gasteiger partial charge in [0.1, 0.15) is 17.4 Å². The van der Waals surface area contributed by atoms with Crippen molar-refractivity contribution in [2.24, 2.45) is 5.84 Å². The number of aromatic nitrogens is 2. The number of nitrogens with two attached hydrogens (primary N) is 1. The second-order valence-electron chi connectivity index (χ2n) is 4.84. The van der Waals surface area contributed by atoms with Crippen LogP contribution in [0.4, 0.5) is 5.82 Å². The third kappa shape index (κ3) is 3.05. The van der Waals surface area contributed by atoms with Crippen LogP contribution >= 0.6 is 0 Å². The van der Waals surface area contributed by atoms with Crippen molar-refractivity contribution >= 4 is 5.82 Å². The van der Waals surface area contributed by atoms with Gasteiger partial charge in [-0.3, -0.25) is 0 Å². The zero-order valence-electron chi connectivity index (χ0n) is 12.3. The fraction of sp³-hybridized carbons (Fsp3) is 0.333. The average Bonchev–Trinajstić information content (AvgIpc) is 2.40. The smallest absolute Gasteiger partial charge is 0.227 e. The van der Waals surface area contributed by atoms with E-state index in [2.05, 4.69) is 21.5 Å². The highest BCUT2D eigenvalue weighted by atomic mass is 16.5. The third-order valence-corrected chi connectivity index (χ3v) is 3.01. The number of benzene rings is 1. The highest BCUT2D eigenvalue weighted by molar-refractivity contribution is 5.49. The van der Waals surface area contributed by atoms with E-state index in [0.29, 0.717) is 17.5 Å². The lowest BCUT2D eigenvalue weighted by Crippen LogP contribution is -2.13. The minimum atomic E-state index is 0.537. The number of rotatable bonds is 4. The lowest BCUT2D eigenvalue weighted by Gasteiger charge is -2.13. The van der Waals surface area contributed by atoms with Crippen LogP contribution in [0.5, 0.6) is 11.6 Å². The van der Waals surface area contributed by atoms with Gasteiger partial charge in [0, 0.05) is 6.42 Å². The van der Waals surface area contributed by atoms with E-state index in [1.807, 2.05) is 39.8 Å². The predicted molar refractivity (Wildman–Crippen MR) is 79.9 cm³/mol. The molecule has 1 heterocycles. The first-order valence-electron chi connectivity index (χ1n) is 6.63. The van der Waals surface area contributed by atoms with Gasteiger partial charge in [-0.25, -0.2) is 10.8 Å². The monoisotopic (exact) mass is 272 g/mol. The molecule has 0 radical (unpaired) electrons. The molecule has 2 aromatic rings. The van der Waals surface area contributed by atoms with Gasteiger partial charge in [0.05, 0.1) is 5.56 Å². The van der Waals surface area contributed by atoms with E-state index in [1.165, 1.54) is 0 Å². The molecule has 0 amide bonds. The lowest BCUT2D eigenvalue weighted by molar-refractivity contribution is 0.454. The summed E-state index contributed by atoms with van der Waals surface area (Å²) in [4.78, 5) is 8.74. The Morgan fingerprint density at radius 3 is 2.30 bits per heavy atom. The number of hydrazine groups is 1. The van der Waals surface area contributed by atoms with Crippen molar-refractivity contribution in [1.82, 2.24) is 9.97 Å². The van der Waals surface area contributed by atoms with E-state index in [4.69, 9.17) is 10.6 Å². The molecule has 2 rings (SSSR count). The number of hydrogen-bond donors (Lipinski definition) is 2. The van der Waals surface area contributed by atoms with Crippen LogP contribution in [-0.2, 0) is 6.42 Å². The molecule has 0 atom stereocenters. The van der Waals surface area contributed by atoms with E-state index in [0.717, 1.165) is 28.9 Å². The van der Waals surface area contributed by atoms with Gasteiger partial charge < -0.3 is 10.2 Å². The molecular formula is C15H20N4O. The van der Waals surface area contributed by atoms with Gasteiger partial charge in [-0.05, 0) is 44.0 Å². The minimum Gasteiger partial charge on any atom is -0.439 e. The van der Waals surface area contributed by atoms with Crippen LogP contribution in [0, 0.1) is 20.8 Å². The number of nitrogens with one attached hydrogen (secondary N) is 1. The molecule has 0 saturated carbocycles. The Morgan fingerprint density at radius 1 is 1.10 bits per heavy atom. The first-order valence-corrected chi connectivity index (χ1v) is 6.63. The molecule has 0 bridgehead atoms. The van der Waals surface area contributed by atoms with Crippen molar-refractivity contribution < 1.29 is 4.74 Å². The molecule has 3 N–H and O–H groups in total. The predicted octanol–water partition coefficient (Wildman–Crippen LogP) is 3.04. The molecule has 5 nitrogen and oxygen atoms in total. The number of hydrogen-bond acceptors (Lipinski definition) is 5. The molecular weight excluding hydrogens is 252 g/mol. The van der Waals surface area contributed by atoms with Crippen molar-refractivity contribution in [2.45, 2.75) is 34.1 Å². The van der Waals surface area contributed by atoms with Gasteiger partial charge in [-0.2, -0.15) is 4.98 Å². The van der Waals surface area contributed by atoms with Crippen molar-refractivity contribution in [3.63, 3.8) is 0 Å². The Bertz CT molecular complexity index is 605. The van der Waals surface area contributed by atoms with E-state index in [-0.39, 0.29) is 0 Å². The molecule has 1 aromatic heterocycles. The van der Waals surface area contributed by atoms with E-state index in [1.54, 1.807) is 0 Å².